The summed E-state index contributed by atoms with van der Waals surface area (Å²) in [6.07, 6.45) is 6.11. The molecule has 8 heteroatoms. The summed E-state index contributed by atoms with van der Waals surface area (Å²) < 4.78 is 3.07. The van der Waals surface area contributed by atoms with Crippen molar-refractivity contribution in [3.05, 3.63) is 70.5 Å². The molecule has 26 heavy (non-hydrogen) atoms. The van der Waals surface area contributed by atoms with Crippen LogP contribution in [0.4, 0.5) is 5.82 Å². The average molecular weight is 351 g/mol. The molecule has 4 rings (SSSR count). The van der Waals surface area contributed by atoms with E-state index in [1.54, 1.807) is 17.1 Å². The molecule has 3 aromatic rings. The van der Waals surface area contributed by atoms with Gasteiger partial charge in [0.25, 0.3) is 5.56 Å². The van der Waals surface area contributed by atoms with Crippen LogP contribution in [0.25, 0.3) is 5.69 Å². The molecule has 1 aliphatic heterocycles. The van der Waals surface area contributed by atoms with E-state index in [1.807, 2.05) is 36.5 Å². The van der Waals surface area contributed by atoms with Gasteiger partial charge in [0, 0.05) is 30.2 Å². The molecule has 0 aliphatic carbocycles. The van der Waals surface area contributed by atoms with Crippen LogP contribution >= 0.6 is 0 Å². The molecule has 3 heterocycles. The fraction of sp³-hybridized carbons (Fsp3) is 0.222. The highest BCUT2D eigenvalue weighted by atomic mass is 16.4. The first-order chi connectivity index (χ1) is 12.6. The van der Waals surface area contributed by atoms with E-state index in [0.29, 0.717) is 25.1 Å². The summed E-state index contributed by atoms with van der Waals surface area (Å²) in [5.74, 6) is -0.846. The van der Waals surface area contributed by atoms with E-state index in [2.05, 4.69) is 15.4 Å². The summed E-state index contributed by atoms with van der Waals surface area (Å²) in [7, 11) is 0. The van der Waals surface area contributed by atoms with Gasteiger partial charge in [0.1, 0.15) is 6.04 Å². The zero-order chi connectivity index (χ0) is 18.1. The molecule has 2 N–H and O–H groups in total. The number of nitrogens with zero attached hydrogens (tertiary/aromatic N) is 4. The molecule has 0 bridgehead atoms. The summed E-state index contributed by atoms with van der Waals surface area (Å²) in [4.78, 5) is 28.1. The topological polar surface area (TPSA) is 102 Å². The van der Waals surface area contributed by atoms with Gasteiger partial charge in [0.05, 0.1) is 11.9 Å². The Bertz CT molecular complexity index is 1010. The van der Waals surface area contributed by atoms with Crippen LogP contribution in [0.5, 0.6) is 0 Å². The van der Waals surface area contributed by atoms with Gasteiger partial charge in [-0.25, -0.2) is 14.5 Å². The van der Waals surface area contributed by atoms with Gasteiger partial charge in [0.15, 0.2) is 5.82 Å². The Morgan fingerprint density at radius 2 is 2.08 bits per heavy atom. The predicted octanol–water partition coefficient (Wildman–Crippen LogP) is 1.61. The van der Waals surface area contributed by atoms with Gasteiger partial charge in [-0.15, -0.1) is 0 Å². The van der Waals surface area contributed by atoms with Crippen molar-refractivity contribution in [2.45, 2.75) is 25.4 Å². The largest absolute Gasteiger partial charge is 0.480 e. The van der Waals surface area contributed by atoms with Crippen molar-refractivity contribution in [2.24, 2.45) is 0 Å². The van der Waals surface area contributed by atoms with Crippen LogP contribution in [0, 0.1) is 0 Å². The quantitative estimate of drug-likeness (QED) is 0.724. The molecule has 0 amide bonds. The lowest BCUT2D eigenvalue weighted by Crippen LogP contribution is -2.30. The summed E-state index contributed by atoms with van der Waals surface area (Å²) in [5, 5.41) is 16.6. The van der Waals surface area contributed by atoms with Crippen molar-refractivity contribution in [1.29, 1.82) is 0 Å². The van der Waals surface area contributed by atoms with E-state index in [-0.39, 0.29) is 5.82 Å². The Hall–Kier alpha value is -3.42. The number of aryl methyl sites for hydroxylation is 1. The molecule has 1 aromatic carbocycles. The number of fused-ring (bicyclic) bond motifs is 1. The summed E-state index contributed by atoms with van der Waals surface area (Å²) in [5.41, 5.74) is 2.09. The molecule has 0 spiro atoms. The molecule has 1 aliphatic rings. The number of aromatic nitrogens is 4. The molecule has 0 saturated carbocycles. The van der Waals surface area contributed by atoms with E-state index in [1.165, 1.54) is 4.57 Å². The minimum atomic E-state index is -0.993. The molecule has 132 valence electrons. The van der Waals surface area contributed by atoms with Crippen LogP contribution in [0.1, 0.15) is 23.7 Å². The highest BCUT2D eigenvalue weighted by Gasteiger charge is 2.30. The number of nitrogens with one attached hydrogen (secondary N) is 1. The van der Waals surface area contributed by atoms with Crippen LogP contribution in [0.15, 0.2) is 53.7 Å². The second kappa shape index (κ2) is 6.47. The maximum Gasteiger partial charge on any atom is 0.326 e. The minimum Gasteiger partial charge on any atom is -0.480 e. The van der Waals surface area contributed by atoms with Crippen LogP contribution in [0.3, 0.4) is 0 Å². The normalized spacial score (nSPS) is 15.6. The fourth-order valence-electron chi connectivity index (χ4n) is 3.16. The van der Waals surface area contributed by atoms with E-state index < -0.39 is 17.6 Å². The van der Waals surface area contributed by atoms with Gasteiger partial charge in [-0.3, -0.25) is 9.36 Å². The lowest BCUT2D eigenvalue weighted by Gasteiger charge is -2.11. The molecular weight excluding hydrogens is 334 g/mol. The van der Waals surface area contributed by atoms with Gasteiger partial charge < -0.3 is 10.4 Å². The number of carboxylic acids is 1. The Morgan fingerprint density at radius 3 is 2.85 bits per heavy atom. The van der Waals surface area contributed by atoms with Crippen LogP contribution in [0.2, 0.25) is 0 Å². The SMILES string of the molecule is O=C(O)[C@@H]1CCc2cnc(NCc3cnn(-c4ccccc4)c3)c(=O)n21. The third kappa shape index (κ3) is 2.85. The van der Waals surface area contributed by atoms with Crippen molar-refractivity contribution in [1.82, 2.24) is 19.3 Å². The number of carbonyl (C=O) groups is 1. The number of hydrogen-bond donors (Lipinski definition) is 2. The first-order valence-electron chi connectivity index (χ1n) is 8.29. The Labute approximate surface area is 148 Å². The van der Waals surface area contributed by atoms with Crippen molar-refractivity contribution < 1.29 is 9.90 Å². The number of benzene rings is 1. The molecule has 0 saturated heterocycles. The maximum absolute atomic E-state index is 12.6. The number of carboxylic acid groups (broad SMARTS) is 1. The van der Waals surface area contributed by atoms with Gasteiger partial charge in [-0.2, -0.15) is 5.10 Å². The zero-order valence-electron chi connectivity index (χ0n) is 13.9. The standard InChI is InChI=1S/C18H17N5O3/c24-17-16(20-10-14-6-7-15(18(25)26)23(14)17)19-8-12-9-21-22(11-12)13-4-2-1-3-5-13/h1-5,9-11,15H,6-8H2,(H,19,20)(H,25,26)/t15-/m0/s1. The van der Waals surface area contributed by atoms with Gasteiger partial charge in [-0.05, 0) is 25.0 Å². The Kier molecular flexibility index (Phi) is 4.00. The molecule has 2 aromatic heterocycles. The summed E-state index contributed by atoms with van der Waals surface area (Å²) >= 11 is 0. The lowest BCUT2D eigenvalue weighted by molar-refractivity contribution is -0.140. The molecular formula is C18H17N5O3. The van der Waals surface area contributed by atoms with Crippen LogP contribution in [-0.2, 0) is 17.8 Å². The highest BCUT2D eigenvalue weighted by Crippen LogP contribution is 2.23. The van der Waals surface area contributed by atoms with Gasteiger partial charge in [-0.1, -0.05) is 18.2 Å². The molecule has 8 nitrogen and oxygen atoms in total. The monoisotopic (exact) mass is 351 g/mol. The number of anilines is 1. The van der Waals surface area contributed by atoms with E-state index in [9.17, 15) is 14.7 Å². The fourth-order valence-corrected chi connectivity index (χ4v) is 3.16. The third-order valence-electron chi connectivity index (χ3n) is 4.46. The second-order valence-corrected chi connectivity index (χ2v) is 6.15. The number of para-hydroxylation sites is 1. The van der Waals surface area contributed by atoms with Crippen molar-refractivity contribution in [3.8, 4) is 5.69 Å². The minimum absolute atomic E-state index is 0.148. The van der Waals surface area contributed by atoms with Crippen molar-refractivity contribution >= 4 is 11.8 Å². The molecule has 0 unspecified atom stereocenters. The first kappa shape index (κ1) is 16.1. The van der Waals surface area contributed by atoms with Crippen molar-refractivity contribution in [3.63, 3.8) is 0 Å². The van der Waals surface area contributed by atoms with Crippen molar-refractivity contribution in [2.75, 3.05) is 5.32 Å². The third-order valence-corrected chi connectivity index (χ3v) is 4.46. The maximum atomic E-state index is 12.6. The Balaban J connectivity index is 1.53. The molecule has 0 radical (unpaired) electrons. The second-order valence-electron chi connectivity index (χ2n) is 6.15. The Morgan fingerprint density at radius 1 is 1.27 bits per heavy atom. The number of aliphatic carboxylic acids is 1. The first-order valence-corrected chi connectivity index (χ1v) is 8.29. The summed E-state index contributed by atoms with van der Waals surface area (Å²) in [6.45, 7) is 0.367. The lowest BCUT2D eigenvalue weighted by atomic mass is 10.2. The van der Waals surface area contributed by atoms with Gasteiger partial charge >= 0.3 is 5.97 Å². The van der Waals surface area contributed by atoms with E-state index in [4.69, 9.17) is 0 Å². The predicted molar refractivity (Wildman–Crippen MR) is 94.4 cm³/mol. The number of rotatable bonds is 5. The van der Waals surface area contributed by atoms with Crippen LogP contribution in [-0.4, -0.2) is 30.4 Å². The van der Waals surface area contributed by atoms with E-state index in [0.717, 1.165) is 11.3 Å². The van der Waals surface area contributed by atoms with Gasteiger partial charge in [0.2, 0.25) is 0 Å². The van der Waals surface area contributed by atoms with E-state index >= 15 is 0 Å². The zero-order valence-corrected chi connectivity index (χ0v) is 13.9. The number of hydrogen-bond acceptors (Lipinski definition) is 5. The van der Waals surface area contributed by atoms with Crippen LogP contribution < -0.4 is 10.9 Å². The smallest absolute Gasteiger partial charge is 0.326 e. The highest BCUT2D eigenvalue weighted by molar-refractivity contribution is 5.72. The summed E-state index contributed by atoms with van der Waals surface area (Å²) in [6, 6.07) is 8.89. The average Bonchev–Trinajstić information content (AvgIpc) is 3.29. The molecule has 0 fully saturated rings. The molecule has 1 atom stereocenters.